The van der Waals surface area contributed by atoms with E-state index >= 15 is 0 Å². The van der Waals surface area contributed by atoms with Gasteiger partial charge in [0.25, 0.3) is 0 Å². The van der Waals surface area contributed by atoms with E-state index in [1.165, 1.54) is 116 Å². The fourth-order valence-corrected chi connectivity index (χ4v) is 6.04. The smallest absolute Gasteiger partial charge is 0.305 e. The summed E-state index contributed by atoms with van der Waals surface area (Å²) < 4.78 is 11.6. The second-order valence-corrected chi connectivity index (χ2v) is 14.6. The van der Waals surface area contributed by atoms with Gasteiger partial charge in [0.15, 0.2) is 0 Å². The average molecular weight is 639 g/mol. The maximum atomic E-state index is 12.6. The zero-order valence-corrected chi connectivity index (χ0v) is 31.2. The quantitative estimate of drug-likeness (QED) is 0.0516. The molecule has 6 nitrogen and oxygen atoms in total. The third kappa shape index (κ3) is 31.2. The van der Waals surface area contributed by atoms with Gasteiger partial charge in [-0.3, -0.25) is 9.59 Å². The van der Waals surface area contributed by atoms with Crippen LogP contribution < -0.4 is 0 Å². The standard InChI is InChI=1S/C39H78N2O4/c1-7-9-11-13-15-17-19-21-23-25-27-30-37(42)44-35-39(3,34-41(6)33-29-32-40(4)5)36-45-38(43)31-28-26-24-22-20-18-16-14-12-10-8-2/h7-36H2,1-6H3. The number of rotatable bonds is 34. The van der Waals surface area contributed by atoms with Crippen LogP contribution >= 0.6 is 0 Å². The molecule has 0 fully saturated rings. The van der Waals surface area contributed by atoms with Crippen molar-refractivity contribution < 1.29 is 19.1 Å². The van der Waals surface area contributed by atoms with Gasteiger partial charge in [-0.25, -0.2) is 0 Å². The number of ether oxygens (including phenoxy) is 2. The number of esters is 2. The second-order valence-electron chi connectivity index (χ2n) is 14.6. The van der Waals surface area contributed by atoms with Crippen LogP contribution in [0.15, 0.2) is 0 Å². The molecule has 0 aliphatic carbocycles. The lowest BCUT2D eigenvalue weighted by atomic mass is 9.92. The third-order valence-corrected chi connectivity index (χ3v) is 8.93. The summed E-state index contributed by atoms with van der Waals surface area (Å²) in [6.45, 7) is 9.88. The van der Waals surface area contributed by atoms with E-state index in [-0.39, 0.29) is 25.2 Å². The van der Waals surface area contributed by atoms with E-state index in [2.05, 4.69) is 51.7 Å². The number of hydrogen-bond acceptors (Lipinski definition) is 6. The van der Waals surface area contributed by atoms with Crippen molar-refractivity contribution in [2.24, 2.45) is 5.41 Å². The molecule has 0 aromatic carbocycles. The van der Waals surface area contributed by atoms with Gasteiger partial charge in [0.1, 0.15) is 13.2 Å². The highest BCUT2D eigenvalue weighted by Crippen LogP contribution is 2.21. The predicted molar refractivity (Wildman–Crippen MR) is 193 cm³/mol. The van der Waals surface area contributed by atoms with E-state index in [9.17, 15) is 9.59 Å². The minimum atomic E-state index is -0.424. The van der Waals surface area contributed by atoms with Crippen LogP contribution in [0.5, 0.6) is 0 Å². The van der Waals surface area contributed by atoms with Crippen LogP contribution in [0, 0.1) is 5.41 Å². The molecule has 0 rings (SSSR count). The third-order valence-electron chi connectivity index (χ3n) is 8.93. The van der Waals surface area contributed by atoms with Crippen molar-refractivity contribution in [3.63, 3.8) is 0 Å². The van der Waals surface area contributed by atoms with Crippen molar-refractivity contribution in [3.8, 4) is 0 Å². The topological polar surface area (TPSA) is 59.1 Å². The van der Waals surface area contributed by atoms with Crippen LogP contribution in [0.2, 0.25) is 0 Å². The number of nitrogens with zero attached hydrogens (tertiary/aromatic N) is 2. The van der Waals surface area contributed by atoms with E-state index in [4.69, 9.17) is 9.47 Å². The van der Waals surface area contributed by atoms with Crippen LogP contribution in [0.25, 0.3) is 0 Å². The van der Waals surface area contributed by atoms with E-state index in [0.717, 1.165) is 51.7 Å². The second kappa shape index (κ2) is 31.5. The van der Waals surface area contributed by atoms with E-state index in [1.807, 2.05) is 0 Å². The van der Waals surface area contributed by atoms with Crippen LogP contribution in [-0.4, -0.2) is 75.7 Å². The van der Waals surface area contributed by atoms with Gasteiger partial charge in [0, 0.05) is 24.8 Å². The Morgan fingerprint density at radius 2 is 0.822 bits per heavy atom. The number of carbonyl (C=O) groups is 2. The number of hydrogen-bond donors (Lipinski definition) is 0. The highest BCUT2D eigenvalue weighted by molar-refractivity contribution is 5.69. The Morgan fingerprint density at radius 1 is 0.489 bits per heavy atom. The van der Waals surface area contributed by atoms with Crippen molar-refractivity contribution in [1.82, 2.24) is 9.80 Å². The molecule has 0 aliphatic rings. The molecule has 0 aromatic heterocycles. The normalized spacial score (nSPS) is 11.9. The highest BCUT2D eigenvalue weighted by atomic mass is 16.5. The first-order chi connectivity index (χ1) is 21.7. The van der Waals surface area contributed by atoms with Gasteiger partial charge in [-0.05, 0) is 53.5 Å². The van der Waals surface area contributed by atoms with Crippen LogP contribution in [0.3, 0.4) is 0 Å². The monoisotopic (exact) mass is 639 g/mol. The fraction of sp³-hybridized carbons (Fsp3) is 0.949. The molecular formula is C39H78N2O4. The van der Waals surface area contributed by atoms with Crippen LogP contribution in [0.4, 0.5) is 0 Å². The molecule has 0 N–H and O–H groups in total. The summed E-state index contributed by atoms with van der Waals surface area (Å²) in [5.74, 6) is -0.251. The van der Waals surface area contributed by atoms with E-state index in [1.54, 1.807) is 0 Å². The summed E-state index contributed by atoms with van der Waals surface area (Å²) in [7, 11) is 6.29. The lowest BCUT2D eigenvalue weighted by molar-refractivity contribution is -0.154. The zero-order chi connectivity index (χ0) is 33.4. The van der Waals surface area contributed by atoms with Gasteiger partial charge in [0.05, 0.1) is 0 Å². The molecule has 0 bridgehead atoms. The van der Waals surface area contributed by atoms with Gasteiger partial charge >= 0.3 is 11.9 Å². The summed E-state index contributed by atoms with van der Waals surface area (Å²) in [4.78, 5) is 29.7. The molecular weight excluding hydrogens is 560 g/mol. The summed E-state index contributed by atoms with van der Waals surface area (Å²) in [6, 6.07) is 0. The largest absolute Gasteiger partial charge is 0.465 e. The maximum absolute atomic E-state index is 12.6. The summed E-state index contributed by atoms with van der Waals surface area (Å²) in [5.41, 5.74) is -0.424. The molecule has 0 aromatic rings. The van der Waals surface area contributed by atoms with Gasteiger partial charge in [-0.2, -0.15) is 0 Å². The lowest BCUT2D eigenvalue weighted by Gasteiger charge is -2.33. The molecule has 6 heteroatoms. The van der Waals surface area contributed by atoms with Crippen molar-refractivity contribution in [2.45, 2.75) is 181 Å². The minimum Gasteiger partial charge on any atom is -0.465 e. The molecule has 45 heavy (non-hydrogen) atoms. The number of unbranched alkanes of at least 4 members (excludes halogenated alkanes) is 20. The van der Waals surface area contributed by atoms with Crippen LogP contribution in [-0.2, 0) is 19.1 Å². The zero-order valence-electron chi connectivity index (χ0n) is 31.2. The van der Waals surface area contributed by atoms with Crippen molar-refractivity contribution in [2.75, 3.05) is 54.0 Å². The Bertz CT molecular complexity index is 627. The van der Waals surface area contributed by atoms with Gasteiger partial charge < -0.3 is 19.3 Å². The predicted octanol–water partition coefficient (Wildman–Crippen LogP) is 10.4. The van der Waals surface area contributed by atoms with Gasteiger partial charge in [-0.1, -0.05) is 149 Å². The Labute approximate surface area is 281 Å². The first-order valence-electron chi connectivity index (χ1n) is 19.4. The Hall–Kier alpha value is -1.14. The Kier molecular flexibility index (Phi) is 30.7. The average Bonchev–Trinajstić information content (AvgIpc) is 3.00. The Morgan fingerprint density at radius 3 is 1.16 bits per heavy atom. The molecule has 0 saturated heterocycles. The molecule has 0 atom stereocenters. The molecule has 0 unspecified atom stereocenters. The van der Waals surface area contributed by atoms with E-state index < -0.39 is 5.41 Å². The fourth-order valence-electron chi connectivity index (χ4n) is 6.04. The SMILES string of the molecule is CCCCCCCCCCCCCC(=O)OCC(C)(COC(=O)CCCCCCCCCCCCC)CN(C)CCCN(C)C. The molecule has 268 valence electrons. The summed E-state index contributed by atoms with van der Waals surface area (Å²) in [6.07, 6.45) is 29.9. The first kappa shape index (κ1) is 43.9. The molecule has 0 radical (unpaired) electrons. The summed E-state index contributed by atoms with van der Waals surface area (Å²) >= 11 is 0. The van der Waals surface area contributed by atoms with Gasteiger partial charge in [-0.15, -0.1) is 0 Å². The van der Waals surface area contributed by atoms with Crippen molar-refractivity contribution in [1.29, 1.82) is 0 Å². The van der Waals surface area contributed by atoms with E-state index in [0.29, 0.717) is 12.8 Å². The lowest BCUT2D eigenvalue weighted by Crippen LogP contribution is -2.42. The molecule has 0 saturated carbocycles. The molecule has 0 heterocycles. The van der Waals surface area contributed by atoms with Gasteiger partial charge in [0.2, 0.25) is 0 Å². The number of carbonyl (C=O) groups excluding carboxylic acids is 2. The molecule has 0 spiro atoms. The summed E-state index contributed by atoms with van der Waals surface area (Å²) in [5, 5.41) is 0. The van der Waals surface area contributed by atoms with Crippen molar-refractivity contribution >= 4 is 11.9 Å². The maximum Gasteiger partial charge on any atom is 0.305 e. The first-order valence-corrected chi connectivity index (χ1v) is 19.4. The molecule has 0 amide bonds. The Balaban J connectivity index is 4.35. The molecule has 0 aliphatic heterocycles. The van der Waals surface area contributed by atoms with Crippen LogP contribution in [0.1, 0.15) is 181 Å². The minimum absolute atomic E-state index is 0.125. The highest BCUT2D eigenvalue weighted by Gasteiger charge is 2.30. The van der Waals surface area contributed by atoms with Crippen molar-refractivity contribution in [3.05, 3.63) is 0 Å².